The lowest BCUT2D eigenvalue weighted by Gasteiger charge is -2.28. The summed E-state index contributed by atoms with van der Waals surface area (Å²) < 4.78 is 92.6. The van der Waals surface area contributed by atoms with Crippen molar-refractivity contribution in [3.8, 4) is 0 Å². The highest BCUT2D eigenvalue weighted by Gasteiger charge is 2.52. The summed E-state index contributed by atoms with van der Waals surface area (Å²) in [5, 5.41) is 6.97. The maximum absolute atomic E-state index is 14.8. The standard InChI is InChI=1S/C17H12BrF5N2O2S/c1-28(26,27)14-7-12(19)11(6-13(14)20)16(9-2-4-10(18)5-3-9)8-15(24-25-16)17(21,22)23/h2-7,15H,8H2,1H3. The maximum atomic E-state index is 14.8. The quantitative estimate of drug-likeness (QED) is 0.567. The zero-order valence-corrected chi connectivity index (χ0v) is 16.5. The highest BCUT2D eigenvalue weighted by Crippen LogP contribution is 2.48. The number of benzene rings is 2. The predicted octanol–water partition coefficient (Wildman–Crippen LogP) is 5.16. The van der Waals surface area contributed by atoms with Gasteiger partial charge in [-0.1, -0.05) is 28.1 Å². The number of hydrogen-bond donors (Lipinski definition) is 0. The first kappa shape index (κ1) is 20.8. The van der Waals surface area contributed by atoms with E-state index < -0.39 is 56.1 Å². The number of azo groups is 1. The average molecular weight is 483 g/mol. The van der Waals surface area contributed by atoms with E-state index in [1.54, 1.807) is 0 Å². The van der Waals surface area contributed by atoms with Gasteiger partial charge in [-0.2, -0.15) is 23.4 Å². The molecule has 0 fully saturated rings. The van der Waals surface area contributed by atoms with E-state index in [0.29, 0.717) is 22.9 Å². The lowest BCUT2D eigenvalue weighted by Crippen LogP contribution is -2.32. The van der Waals surface area contributed by atoms with E-state index in [1.807, 2.05) is 0 Å². The molecule has 0 spiro atoms. The Bertz CT molecular complexity index is 1050. The number of nitrogens with zero attached hydrogens (tertiary/aromatic N) is 2. The van der Waals surface area contributed by atoms with Gasteiger partial charge < -0.3 is 0 Å². The summed E-state index contributed by atoms with van der Waals surface area (Å²) >= 11 is 3.19. The second kappa shape index (κ2) is 6.87. The Labute approximate surface area is 165 Å². The summed E-state index contributed by atoms with van der Waals surface area (Å²) in [5.41, 5.74) is -2.30. The van der Waals surface area contributed by atoms with Crippen LogP contribution < -0.4 is 0 Å². The fraction of sp³-hybridized carbons (Fsp3) is 0.294. The summed E-state index contributed by atoms with van der Waals surface area (Å²) in [5.74, 6) is -2.47. The Hall–Kier alpha value is -1.88. The van der Waals surface area contributed by atoms with Crippen LogP contribution in [0.2, 0.25) is 0 Å². The largest absolute Gasteiger partial charge is 0.412 e. The number of hydrogen-bond acceptors (Lipinski definition) is 4. The number of alkyl halides is 3. The molecule has 4 nitrogen and oxygen atoms in total. The Morgan fingerprint density at radius 2 is 1.71 bits per heavy atom. The molecule has 150 valence electrons. The van der Waals surface area contributed by atoms with Crippen molar-refractivity contribution in [1.82, 2.24) is 0 Å². The van der Waals surface area contributed by atoms with Crippen LogP contribution in [0.25, 0.3) is 0 Å². The molecule has 0 amide bonds. The SMILES string of the molecule is CS(=O)(=O)c1cc(F)c(C2(c3ccc(Br)cc3)CC(C(F)(F)F)N=N2)cc1F. The highest BCUT2D eigenvalue weighted by molar-refractivity contribution is 9.10. The van der Waals surface area contributed by atoms with Crippen molar-refractivity contribution in [2.24, 2.45) is 10.2 Å². The van der Waals surface area contributed by atoms with Crippen LogP contribution in [0, 0.1) is 11.6 Å². The first-order chi connectivity index (χ1) is 12.8. The summed E-state index contributed by atoms with van der Waals surface area (Å²) in [4.78, 5) is -0.887. The van der Waals surface area contributed by atoms with Gasteiger partial charge in [0, 0.05) is 22.7 Å². The van der Waals surface area contributed by atoms with E-state index in [1.165, 1.54) is 24.3 Å². The molecule has 28 heavy (non-hydrogen) atoms. The molecule has 2 atom stereocenters. The molecular weight excluding hydrogens is 471 g/mol. The Balaban J connectivity index is 2.24. The Morgan fingerprint density at radius 3 is 2.21 bits per heavy atom. The van der Waals surface area contributed by atoms with Crippen molar-refractivity contribution in [3.05, 3.63) is 63.6 Å². The first-order valence-corrected chi connectivity index (χ1v) is 10.5. The van der Waals surface area contributed by atoms with E-state index in [9.17, 15) is 30.4 Å². The van der Waals surface area contributed by atoms with E-state index in [2.05, 4.69) is 26.2 Å². The summed E-state index contributed by atoms with van der Waals surface area (Å²) in [6, 6.07) is 4.71. The molecule has 2 aromatic carbocycles. The molecule has 0 radical (unpaired) electrons. The molecule has 0 N–H and O–H groups in total. The molecular formula is C17H12BrF5N2O2S. The molecule has 1 heterocycles. The molecule has 2 aromatic rings. The monoisotopic (exact) mass is 482 g/mol. The summed E-state index contributed by atoms with van der Waals surface area (Å²) in [6.45, 7) is 0. The zero-order chi connectivity index (χ0) is 20.9. The van der Waals surface area contributed by atoms with Gasteiger partial charge in [-0.15, -0.1) is 0 Å². The highest BCUT2D eigenvalue weighted by atomic mass is 79.9. The van der Waals surface area contributed by atoms with Gasteiger partial charge >= 0.3 is 6.18 Å². The fourth-order valence-corrected chi connectivity index (χ4v) is 4.06. The van der Waals surface area contributed by atoms with E-state index in [4.69, 9.17) is 0 Å². The van der Waals surface area contributed by atoms with Gasteiger partial charge in [0.05, 0.1) is 0 Å². The van der Waals surface area contributed by atoms with Crippen LogP contribution >= 0.6 is 15.9 Å². The first-order valence-electron chi connectivity index (χ1n) is 7.79. The third-order valence-electron chi connectivity index (χ3n) is 4.42. The molecule has 0 aliphatic carbocycles. The van der Waals surface area contributed by atoms with E-state index in [0.717, 1.165) is 0 Å². The van der Waals surface area contributed by atoms with Crippen molar-refractivity contribution in [2.75, 3.05) is 6.26 Å². The van der Waals surface area contributed by atoms with Crippen molar-refractivity contribution < 1.29 is 30.4 Å². The topological polar surface area (TPSA) is 58.9 Å². The lowest BCUT2D eigenvalue weighted by molar-refractivity contribution is -0.147. The van der Waals surface area contributed by atoms with Gasteiger partial charge in [0.2, 0.25) is 0 Å². The average Bonchev–Trinajstić information content (AvgIpc) is 3.03. The number of sulfone groups is 1. The van der Waals surface area contributed by atoms with Crippen LogP contribution in [0.3, 0.4) is 0 Å². The molecule has 1 aliphatic rings. The van der Waals surface area contributed by atoms with Crippen LogP contribution in [0.15, 0.2) is 56.0 Å². The second-order valence-corrected chi connectivity index (χ2v) is 9.28. The normalized spacial score (nSPS) is 22.6. The minimum atomic E-state index is -4.72. The molecule has 2 unspecified atom stereocenters. The van der Waals surface area contributed by atoms with Crippen LogP contribution in [0.1, 0.15) is 17.5 Å². The molecule has 0 saturated heterocycles. The molecule has 0 bridgehead atoms. The minimum Gasteiger partial charge on any atom is -0.224 e. The van der Waals surface area contributed by atoms with Crippen LogP contribution in [0.4, 0.5) is 22.0 Å². The van der Waals surface area contributed by atoms with E-state index in [-0.39, 0.29) is 5.56 Å². The van der Waals surface area contributed by atoms with Gasteiger partial charge in [-0.05, 0) is 29.8 Å². The Kier molecular flexibility index (Phi) is 5.11. The predicted molar refractivity (Wildman–Crippen MR) is 93.7 cm³/mol. The maximum Gasteiger partial charge on any atom is 0.412 e. The zero-order valence-electron chi connectivity index (χ0n) is 14.1. The Morgan fingerprint density at radius 1 is 1.11 bits per heavy atom. The minimum absolute atomic E-state index is 0.164. The molecule has 0 aromatic heterocycles. The van der Waals surface area contributed by atoms with Crippen LogP contribution in [-0.4, -0.2) is 26.9 Å². The summed E-state index contributed by atoms with van der Waals surface area (Å²) in [7, 11) is -4.08. The van der Waals surface area contributed by atoms with Gasteiger partial charge in [0.15, 0.2) is 15.9 Å². The third kappa shape index (κ3) is 3.69. The lowest BCUT2D eigenvalue weighted by atomic mass is 9.79. The van der Waals surface area contributed by atoms with E-state index >= 15 is 0 Å². The summed E-state index contributed by atoms with van der Waals surface area (Å²) in [6.07, 6.45) is -4.79. The van der Waals surface area contributed by atoms with Gasteiger partial charge in [0.25, 0.3) is 0 Å². The second-order valence-electron chi connectivity index (χ2n) is 6.38. The van der Waals surface area contributed by atoms with Gasteiger partial charge in [-0.25, -0.2) is 17.2 Å². The van der Waals surface area contributed by atoms with Gasteiger partial charge in [-0.3, -0.25) is 0 Å². The van der Waals surface area contributed by atoms with Crippen molar-refractivity contribution in [2.45, 2.75) is 29.1 Å². The molecule has 0 saturated carbocycles. The molecule has 1 aliphatic heterocycles. The van der Waals surface area contributed by atoms with Crippen molar-refractivity contribution in [1.29, 1.82) is 0 Å². The van der Waals surface area contributed by atoms with Crippen molar-refractivity contribution in [3.63, 3.8) is 0 Å². The molecule has 11 heteroatoms. The van der Waals surface area contributed by atoms with Crippen molar-refractivity contribution >= 4 is 25.8 Å². The van der Waals surface area contributed by atoms with Gasteiger partial charge in [0.1, 0.15) is 22.1 Å². The third-order valence-corrected chi connectivity index (χ3v) is 6.06. The molecule has 3 rings (SSSR count). The smallest absolute Gasteiger partial charge is 0.224 e. The van der Waals surface area contributed by atoms with Crippen LogP contribution in [0.5, 0.6) is 0 Å². The number of halogens is 6. The number of rotatable bonds is 3. The fourth-order valence-electron chi connectivity index (χ4n) is 3.06. The van der Waals surface area contributed by atoms with Crippen LogP contribution in [-0.2, 0) is 15.4 Å².